The molecule has 0 aliphatic rings. The number of halogens is 1. The van der Waals surface area contributed by atoms with Crippen LogP contribution >= 0.6 is 11.6 Å². The number of nitrogens with two attached hydrogens (primary N) is 2. The largest absolute Gasteiger partial charge is 0.364 e. The Hall–Kier alpha value is -1.85. The molecule has 6 heteroatoms. The van der Waals surface area contributed by atoms with Crippen LogP contribution in [-0.4, -0.2) is 15.7 Å². The molecular weight excluding hydrogens is 252 g/mol. The van der Waals surface area contributed by atoms with E-state index in [-0.39, 0.29) is 11.7 Å². The zero-order valence-electron chi connectivity index (χ0n) is 9.80. The van der Waals surface area contributed by atoms with Gasteiger partial charge in [-0.15, -0.1) is 0 Å². The van der Waals surface area contributed by atoms with Crippen molar-refractivity contribution in [2.75, 3.05) is 0 Å². The molecule has 0 fully saturated rings. The van der Waals surface area contributed by atoms with E-state index in [9.17, 15) is 4.79 Å². The van der Waals surface area contributed by atoms with Crippen LogP contribution in [0.25, 0.3) is 5.69 Å². The zero-order valence-corrected chi connectivity index (χ0v) is 10.6. The van der Waals surface area contributed by atoms with E-state index in [1.165, 1.54) is 10.7 Å². The third kappa shape index (κ3) is 2.37. The number of hydrogen-bond acceptors (Lipinski definition) is 3. The predicted molar refractivity (Wildman–Crippen MR) is 69.7 cm³/mol. The first-order chi connectivity index (χ1) is 8.49. The monoisotopic (exact) mass is 264 g/mol. The van der Waals surface area contributed by atoms with Crippen LogP contribution in [0.1, 0.15) is 29.0 Å². The summed E-state index contributed by atoms with van der Waals surface area (Å²) >= 11 is 6.16. The van der Waals surface area contributed by atoms with Crippen molar-refractivity contribution in [3.05, 3.63) is 46.7 Å². The van der Waals surface area contributed by atoms with Crippen molar-refractivity contribution < 1.29 is 4.79 Å². The van der Waals surface area contributed by atoms with Crippen LogP contribution < -0.4 is 11.5 Å². The van der Waals surface area contributed by atoms with Crippen molar-refractivity contribution in [2.45, 2.75) is 13.0 Å². The van der Waals surface area contributed by atoms with E-state index in [2.05, 4.69) is 5.10 Å². The molecule has 5 nitrogen and oxygen atoms in total. The molecule has 0 spiro atoms. The molecule has 1 aromatic heterocycles. The number of carbonyl (C=O) groups is 1. The second kappa shape index (κ2) is 4.80. The molecule has 1 amide bonds. The topological polar surface area (TPSA) is 86.9 Å². The van der Waals surface area contributed by atoms with Gasteiger partial charge in [0.2, 0.25) is 0 Å². The van der Waals surface area contributed by atoms with Gasteiger partial charge in [0.25, 0.3) is 5.91 Å². The van der Waals surface area contributed by atoms with Crippen LogP contribution in [0.15, 0.2) is 30.5 Å². The Morgan fingerprint density at radius 1 is 1.44 bits per heavy atom. The van der Waals surface area contributed by atoms with Crippen LogP contribution in [0.5, 0.6) is 0 Å². The SMILES string of the molecule is C[C@@H](N)c1ccc(-n2ccc(C(N)=O)n2)c(Cl)c1. The Morgan fingerprint density at radius 3 is 2.67 bits per heavy atom. The van der Waals surface area contributed by atoms with Crippen LogP contribution in [-0.2, 0) is 0 Å². The highest BCUT2D eigenvalue weighted by Crippen LogP contribution is 2.23. The number of rotatable bonds is 3. The highest BCUT2D eigenvalue weighted by molar-refractivity contribution is 6.32. The van der Waals surface area contributed by atoms with E-state index in [1.807, 2.05) is 13.0 Å². The quantitative estimate of drug-likeness (QED) is 0.884. The highest BCUT2D eigenvalue weighted by Gasteiger charge is 2.10. The van der Waals surface area contributed by atoms with Crippen LogP contribution in [0.3, 0.4) is 0 Å². The fourth-order valence-electron chi connectivity index (χ4n) is 1.58. The molecule has 2 aromatic rings. The summed E-state index contributed by atoms with van der Waals surface area (Å²) in [6.45, 7) is 1.88. The standard InChI is InChI=1S/C12H13ClN4O/c1-7(14)8-2-3-11(9(13)6-8)17-5-4-10(16-17)12(15)18/h2-7H,14H2,1H3,(H2,15,18)/t7-/m1/s1. The molecule has 4 N–H and O–H groups in total. The summed E-state index contributed by atoms with van der Waals surface area (Å²) in [6, 6.07) is 6.91. The van der Waals surface area contributed by atoms with Gasteiger partial charge in [-0.2, -0.15) is 5.10 Å². The first kappa shape index (κ1) is 12.6. The normalized spacial score (nSPS) is 12.4. The first-order valence-corrected chi connectivity index (χ1v) is 5.77. The molecule has 1 aromatic carbocycles. The third-order valence-electron chi connectivity index (χ3n) is 2.59. The molecule has 0 aliphatic carbocycles. The summed E-state index contributed by atoms with van der Waals surface area (Å²) in [5, 5.41) is 4.56. The van der Waals surface area contributed by atoms with Gasteiger partial charge >= 0.3 is 0 Å². The first-order valence-electron chi connectivity index (χ1n) is 5.40. The smallest absolute Gasteiger partial charge is 0.269 e. The molecular formula is C12H13ClN4O. The maximum atomic E-state index is 11.0. The lowest BCUT2D eigenvalue weighted by Crippen LogP contribution is -2.12. The second-order valence-electron chi connectivity index (χ2n) is 4.01. The Labute approximate surface area is 109 Å². The maximum absolute atomic E-state index is 11.0. The summed E-state index contributed by atoms with van der Waals surface area (Å²) in [4.78, 5) is 11.0. The van der Waals surface area contributed by atoms with Crippen molar-refractivity contribution >= 4 is 17.5 Å². The molecule has 0 aliphatic heterocycles. The Bertz CT molecular complexity index is 592. The molecule has 0 saturated heterocycles. The molecule has 2 rings (SSSR count). The van der Waals surface area contributed by atoms with Gasteiger partial charge in [-0.1, -0.05) is 17.7 Å². The Balaban J connectivity index is 2.41. The summed E-state index contributed by atoms with van der Waals surface area (Å²) in [5.41, 5.74) is 12.7. The lowest BCUT2D eigenvalue weighted by molar-refractivity contribution is 0.0995. The van der Waals surface area contributed by atoms with Gasteiger partial charge in [0, 0.05) is 12.2 Å². The number of nitrogens with zero attached hydrogens (tertiary/aromatic N) is 2. The number of amides is 1. The minimum atomic E-state index is -0.572. The Kier molecular flexibility index (Phi) is 3.36. The molecule has 94 valence electrons. The van der Waals surface area contributed by atoms with Crippen molar-refractivity contribution in [1.82, 2.24) is 9.78 Å². The molecule has 0 radical (unpaired) electrons. The van der Waals surface area contributed by atoms with Gasteiger partial charge < -0.3 is 11.5 Å². The van der Waals surface area contributed by atoms with Crippen LogP contribution in [0.4, 0.5) is 0 Å². The molecule has 1 atom stereocenters. The minimum Gasteiger partial charge on any atom is -0.364 e. The van der Waals surface area contributed by atoms with Gasteiger partial charge in [0.15, 0.2) is 0 Å². The van der Waals surface area contributed by atoms with E-state index in [1.54, 1.807) is 18.3 Å². The predicted octanol–water partition coefficient (Wildman–Crippen LogP) is 1.64. The molecule has 18 heavy (non-hydrogen) atoms. The lowest BCUT2D eigenvalue weighted by Gasteiger charge is -2.09. The lowest BCUT2D eigenvalue weighted by atomic mass is 10.1. The highest BCUT2D eigenvalue weighted by atomic mass is 35.5. The Morgan fingerprint density at radius 2 is 2.17 bits per heavy atom. The summed E-state index contributed by atoms with van der Waals surface area (Å²) < 4.78 is 1.51. The van der Waals surface area contributed by atoms with E-state index in [0.29, 0.717) is 10.7 Å². The number of benzene rings is 1. The zero-order chi connectivity index (χ0) is 13.3. The summed E-state index contributed by atoms with van der Waals surface area (Å²) in [7, 11) is 0. The van der Waals surface area contributed by atoms with Gasteiger partial charge in [0.05, 0.1) is 10.7 Å². The number of aromatic nitrogens is 2. The van der Waals surface area contributed by atoms with Crippen LogP contribution in [0.2, 0.25) is 5.02 Å². The third-order valence-corrected chi connectivity index (χ3v) is 2.89. The number of carbonyl (C=O) groups excluding carboxylic acids is 1. The molecule has 0 unspecified atom stereocenters. The molecule has 1 heterocycles. The van der Waals surface area contributed by atoms with Crippen molar-refractivity contribution in [1.29, 1.82) is 0 Å². The van der Waals surface area contributed by atoms with Crippen LogP contribution in [0, 0.1) is 0 Å². The molecule has 0 saturated carbocycles. The fourth-order valence-corrected chi connectivity index (χ4v) is 1.86. The number of hydrogen-bond donors (Lipinski definition) is 2. The van der Waals surface area contributed by atoms with E-state index >= 15 is 0 Å². The minimum absolute atomic E-state index is 0.0876. The van der Waals surface area contributed by atoms with Crippen molar-refractivity contribution in [2.24, 2.45) is 11.5 Å². The van der Waals surface area contributed by atoms with Gasteiger partial charge in [-0.05, 0) is 30.7 Å². The fraction of sp³-hybridized carbons (Fsp3) is 0.167. The summed E-state index contributed by atoms with van der Waals surface area (Å²) in [6.07, 6.45) is 1.63. The maximum Gasteiger partial charge on any atom is 0.269 e. The average molecular weight is 265 g/mol. The number of primary amides is 1. The second-order valence-corrected chi connectivity index (χ2v) is 4.42. The average Bonchev–Trinajstić information content (AvgIpc) is 2.78. The van der Waals surface area contributed by atoms with Crippen molar-refractivity contribution in [3.63, 3.8) is 0 Å². The van der Waals surface area contributed by atoms with E-state index in [4.69, 9.17) is 23.1 Å². The van der Waals surface area contributed by atoms with E-state index < -0.39 is 5.91 Å². The van der Waals surface area contributed by atoms with Gasteiger partial charge in [-0.25, -0.2) is 4.68 Å². The molecule has 0 bridgehead atoms. The van der Waals surface area contributed by atoms with Crippen molar-refractivity contribution in [3.8, 4) is 5.69 Å². The summed E-state index contributed by atoms with van der Waals surface area (Å²) in [5.74, 6) is -0.572. The van der Waals surface area contributed by atoms with Gasteiger partial charge in [-0.3, -0.25) is 4.79 Å². The van der Waals surface area contributed by atoms with Gasteiger partial charge in [0.1, 0.15) is 5.69 Å². The van der Waals surface area contributed by atoms with E-state index in [0.717, 1.165) is 5.56 Å².